The Labute approximate surface area is 242 Å². The number of aromatic nitrogens is 3. The van der Waals surface area contributed by atoms with Gasteiger partial charge in [-0.1, -0.05) is 5.16 Å². The van der Waals surface area contributed by atoms with Gasteiger partial charge in [-0.2, -0.15) is 8.78 Å². The number of benzene rings is 1. The fraction of sp³-hybridized carbons (Fsp3) is 0.417. The first-order valence-corrected chi connectivity index (χ1v) is 14.4. The highest BCUT2D eigenvalue weighted by atomic mass is 32.2. The van der Waals surface area contributed by atoms with Gasteiger partial charge in [0, 0.05) is 17.2 Å². The van der Waals surface area contributed by atoms with Crippen molar-refractivity contribution in [3.8, 4) is 28.6 Å². The van der Waals surface area contributed by atoms with Crippen LogP contribution in [-0.2, 0) is 15.3 Å². The third-order valence-electron chi connectivity index (χ3n) is 6.63. The first-order chi connectivity index (χ1) is 19.3. The number of aliphatic imine (C=N–C) groups is 1. The summed E-state index contributed by atoms with van der Waals surface area (Å²) in [6, 6.07) is 5.67. The highest BCUT2D eigenvalue weighted by Gasteiger charge is 2.48. The molecule has 2 N–H and O–H groups in total. The minimum atomic E-state index is -4.33. The molecule has 0 fully saturated rings. The molecule has 0 amide bonds. The molecule has 0 saturated carbocycles. The summed E-state index contributed by atoms with van der Waals surface area (Å²) in [6.45, 7) is 3.53. The van der Waals surface area contributed by atoms with Crippen molar-refractivity contribution in [1.29, 1.82) is 0 Å². The van der Waals surface area contributed by atoms with E-state index in [1.807, 2.05) is 23.5 Å². The number of hydrogen-bond donors (Lipinski definition) is 1. The lowest BCUT2D eigenvalue weighted by Gasteiger charge is -2.41. The highest BCUT2D eigenvalue weighted by molar-refractivity contribution is 7.96. The summed E-state index contributed by atoms with van der Waals surface area (Å²) in [5.41, 5.74) is 5.71. The summed E-state index contributed by atoms with van der Waals surface area (Å²) >= 11 is 0. The van der Waals surface area contributed by atoms with Crippen molar-refractivity contribution in [2.75, 3.05) is 12.4 Å². The predicted molar refractivity (Wildman–Crippen MR) is 156 cm³/mol. The van der Waals surface area contributed by atoms with E-state index >= 15 is 4.39 Å². The minimum absolute atomic E-state index is 0.0303. The average molecular weight is 608 g/mol. The van der Waals surface area contributed by atoms with Crippen molar-refractivity contribution in [3.05, 3.63) is 48.0 Å². The molecule has 3 heterocycles. The van der Waals surface area contributed by atoms with E-state index in [1.54, 1.807) is 20.8 Å². The molecule has 1 aromatic carbocycles. The van der Waals surface area contributed by atoms with Crippen molar-refractivity contribution in [2.24, 2.45) is 15.1 Å². The van der Waals surface area contributed by atoms with E-state index in [0.29, 0.717) is 5.56 Å². The van der Waals surface area contributed by atoms with Gasteiger partial charge in [0.2, 0.25) is 0 Å². The van der Waals surface area contributed by atoms with E-state index < -0.39 is 50.0 Å². The number of hydrogen-bond acceptors (Lipinski definition) is 9. The van der Waals surface area contributed by atoms with Crippen molar-refractivity contribution < 1.29 is 35.4 Å². The van der Waals surface area contributed by atoms with Crippen LogP contribution in [0.25, 0.3) is 22.8 Å². The van der Waals surface area contributed by atoms with E-state index in [-0.39, 0.29) is 40.2 Å². The molecule has 0 saturated heterocycles. The van der Waals surface area contributed by atoms with Gasteiger partial charge in [-0.05, 0) is 44.2 Å². The number of nitrogens with zero attached hydrogens (tertiary/aromatic N) is 5. The quantitative estimate of drug-likeness (QED) is 0.304. The first kappa shape index (κ1) is 31.5. The first-order valence-electron chi connectivity index (χ1n) is 12.8. The fourth-order valence-corrected chi connectivity index (χ4v) is 7.15. The van der Waals surface area contributed by atoms with Gasteiger partial charge >= 0.3 is 12.3 Å². The van der Waals surface area contributed by atoms with Crippen LogP contribution in [0.1, 0.15) is 26.3 Å². The van der Waals surface area contributed by atoms with Crippen LogP contribution >= 0.6 is 0 Å². The second kappa shape index (κ2) is 10.7. The van der Waals surface area contributed by atoms with Crippen LogP contribution in [0, 0.1) is 5.82 Å². The molecule has 18 heteroatoms. The lowest BCUT2D eigenvalue weighted by Crippen LogP contribution is -2.55. The van der Waals surface area contributed by atoms with E-state index in [4.69, 9.17) is 10.3 Å². The number of ether oxygens (including phenoxy) is 1. The zero-order valence-electron chi connectivity index (χ0n) is 23.8. The normalized spacial score (nSPS) is 22.5. The molecule has 0 aliphatic carbocycles. The number of nitrogens with two attached hydrogens (primary N) is 1. The zero-order chi connectivity index (χ0) is 31.3. The van der Waals surface area contributed by atoms with Crippen LogP contribution in [0.5, 0.6) is 5.75 Å². The molecule has 1 unspecified atom stereocenters. The van der Waals surface area contributed by atoms with Gasteiger partial charge < -0.3 is 15.0 Å². The average Bonchev–Trinajstić information content (AvgIpc) is 3.36. The van der Waals surface area contributed by atoms with Gasteiger partial charge in [0.25, 0.3) is 0 Å². The molecule has 42 heavy (non-hydrogen) atoms. The molecule has 0 bridgehead atoms. The molecule has 3 aromatic rings. The van der Waals surface area contributed by atoms with Crippen LogP contribution in [0.3, 0.4) is 0 Å². The Kier molecular flexibility index (Phi) is 8.02. The molecule has 2 atom stereocenters. The Bertz CT molecular complexity index is 1640. The monoisotopic (exact) mass is 608 g/mol. The molecule has 222 valence electrons. The molecule has 1 aliphatic rings. The van der Waals surface area contributed by atoms with Crippen molar-refractivity contribution in [2.45, 2.75) is 48.6 Å². The number of alkyl halides is 4. The molecule has 0 radical (unpaired) electrons. The van der Waals surface area contributed by atoms with Gasteiger partial charge in [-0.25, -0.2) is 27.3 Å². The topological polar surface area (TPSA) is 129 Å². The third kappa shape index (κ3) is 6.18. The lowest BCUT2D eigenvalue weighted by atomic mass is 9.50. The van der Waals surface area contributed by atoms with Crippen molar-refractivity contribution >= 4 is 39.1 Å². The van der Waals surface area contributed by atoms with Gasteiger partial charge in [-0.3, -0.25) is 9.36 Å². The lowest BCUT2D eigenvalue weighted by molar-refractivity contribution is -0.148. The maximum absolute atomic E-state index is 15.3. The fourth-order valence-electron chi connectivity index (χ4n) is 4.26. The highest BCUT2D eigenvalue weighted by Crippen LogP contribution is 2.41. The maximum Gasteiger partial charge on any atom is 0.340 e. The Balaban J connectivity index is 1.64. The summed E-state index contributed by atoms with van der Waals surface area (Å²) in [5.74, 6) is -4.89. The molecular formula is C24H28B3F5N6O3S. The van der Waals surface area contributed by atoms with E-state index in [2.05, 4.69) is 29.2 Å². The molecule has 0 spiro atoms. The second-order valence-corrected chi connectivity index (χ2v) is 14.5. The Hall–Kier alpha value is -3.43. The number of rotatable bonds is 8. The maximum atomic E-state index is 15.3. The summed E-state index contributed by atoms with van der Waals surface area (Å²) in [4.78, 5) is 12.5. The number of halogens is 5. The smallest absolute Gasteiger partial charge is 0.340 e. The molecular weight excluding hydrogens is 580 g/mol. The summed E-state index contributed by atoms with van der Waals surface area (Å²) in [7, 11) is 2.47. The van der Waals surface area contributed by atoms with Crippen LogP contribution < -0.4 is 10.5 Å². The molecule has 1 aliphatic heterocycles. The summed E-state index contributed by atoms with van der Waals surface area (Å²) in [5, 5.41) is 3.27. The van der Waals surface area contributed by atoms with Crippen molar-refractivity contribution in [1.82, 2.24) is 15.1 Å². The summed E-state index contributed by atoms with van der Waals surface area (Å²) in [6.07, 6.45) is -1.82. The SMILES string of the molecule is BC(B)(B)N=S1(=O)C[C@@](C)(c2cc(-c3cc(-c4ncc(OCC(F)(F)C(F)F)cn4)no3)ccc2F)N=C(N)C1(C)C. The number of amidine groups is 1. The van der Waals surface area contributed by atoms with E-state index in [1.165, 1.54) is 24.3 Å². The van der Waals surface area contributed by atoms with Gasteiger partial charge in [0.1, 0.15) is 45.5 Å². The molecule has 2 aromatic heterocycles. The van der Waals surface area contributed by atoms with Gasteiger partial charge in [0.05, 0.1) is 27.9 Å². The molecule has 9 nitrogen and oxygen atoms in total. The largest absolute Gasteiger partial charge is 0.484 e. The predicted octanol–water partition coefficient (Wildman–Crippen LogP) is 1.56. The van der Waals surface area contributed by atoms with Crippen LogP contribution in [0.15, 0.2) is 50.5 Å². The van der Waals surface area contributed by atoms with Gasteiger partial charge in [-0.15, -0.1) is 0 Å². The van der Waals surface area contributed by atoms with E-state index in [0.717, 1.165) is 12.4 Å². The van der Waals surface area contributed by atoms with Crippen LogP contribution in [-0.4, -0.2) is 83.4 Å². The zero-order valence-corrected chi connectivity index (χ0v) is 24.6. The Morgan fingerprint density at radius 2 is 1.81 bits per heavy atom. The summed E-state index contributed by atoms with van der Waals surface area (Å²) < 4.78 is 94.1. The Morgan fingerprint density at radius 1 is 1.17 bits per heavy atom. The van der Waals surface area contributed by atoms with E-state index in [9.17, 15) is 21.8 Å². The third-order valence-corrected chi connectivity index (χ3v) is 10.2. The molecule has 4 rings (SSSR count). The van der Waals surface area contributed by atoms with Crippen molar-refractivity contribution in [3.63, 3.8) is 0 Å². The Morgan fingerprint density at radius 3 is 2.40 bits per heavy atom. The minimum Gasteiger partial charge on any atom is -0.484 e. The standard InChI is InChI=1S/C24H28B3F5N6O3S/c1-21(2)20(33)36-22(3,11-42(21,39)38-24(25,26)27)14-6-12(4-5-15(14)28)17-7-16(37-41-17)18-34-8-13(9-35-18)40-10-23(31,32)19(29)30/h4-9,19H,10-11,25-27H2,1-3H3,(H2,33,36)/t22-,42?/m0/s1. The van der Waals surface area contributed by atoms with Crippen LogP contribution in [0.2, 0.25) is 0 Å². The van der Waals surface area contributed by atoms with Gasteiger partial charge in [0.15, 0.2) is 29.6 Å². The van der Waals surface area contributed by atoms with Crippen LogP contribution in [0.4, 0.5) is 22.0 Å². The second-order valence-electron chi connectivity index (χ2n) is 11.7.